The summed E-state index contributed by atoms with van der Waals surface area (Å²) in [6.07, 6.45) is -4.44. The van der Waals surface area contributed by atoms with Crippen molar-refractivity contribution in [2.75, 3.05) is 17.3 Å². The van der Waals surface area contributed by atoms with Crippen LogP contribution in [-0.4, -0.2) is 23.2 Å². The normalized spacial score (nSPS) is 11.1. The van der Waals surface area contributed by atoms with E-state index < -0.39 is 17.6 Å². The maximum atomic E-state index is 12.6. The summed E-state index contributed by atoms with van der Waals surface area (Å²) < 4.78 is 37.8. The van der Waals surface area contributed by atoms with Gasteiger partial charge in [0.05, 0.1) is 5.56 Å². The van der Waals surface area contributed by atoms with Crippen LogP contribution in [0, 0.1) is 0 Å². The van der Waals surface area contributed by atoms with Crippen LogP contribution in [0.5, 0.6) is 0 Å². The molecule has 1 amide bonds. The Labute approximate surface area is 159 Å². The quantitative estimate of drug-likeness (QED) is 0.707. The fourth-order valence-electron chi connectivity index (χ4n) is 2.53. The van der Waals surface area contributed by atoms with Crippen LogP contribution in [-0.2, 0) is 12.7 Å². The van der Waals surface area contributed by atoms with Crippen molar-refractivity contribution in [3.63, 3.8) is 0 Å². The van der Waals surface area contributed by atoms with E-state index in [9.17, 15) is 18.0 Å². The molecule has 3 rings (SSSR count). The molecule has 0 aliphatic rings. The van der Waals surface area contributed by atoms with Crippen LogP contribution in [0.2, 0.25) is 0 Å². The molecular weight excluding hydrogens is 369 g/mol. The van der Waals surface area contributed by atoms with E-state index in [0.29, 0.717) is 12.4 Å². The fourth-order valence-corrected chi connectivity index (χ4v) is 2.53. The molecule has 1 N–H and O–H groups in total. The number of hydrogen-bond acceptors (Lipinski definition) is 4. The summed E-state index contributed by atoms with van der Waals surface area (Å²) in [5, 5.41) is 10.6. The SMILES string of the molecule is CN(Cc1ccccc1)c1ccc(NC(=O)c2ccc(C(F)(F)F)cc2)nn1. The van der Waals surface area contributed by atoms with E-state index in [2.05, 4.69) is 15.5 Å². The van der Waals surface area contributed by atoms with Gasteiger partial charge in [-0.2, -0.15) is 13.2 Å². The van der Waals surface area contributed by atoms with Gasteiger partial charge in [0.15, 0.2) is 11.6 Å². The molecule has 0 aliphatic carbocycles. The maximum absolute atomic E-state index is 12.6. The van der Waals surface area contributed by atoms with Crippen molar-refractivity contribution in [2.45, 2.75) is 12.7 Å². The summed E-state index contributed by atoms with van der Waals surface area (Å²) in [7, 11) is 1.87. The van der Waals surface area contributed by atoms with Gasteiger partial charge < -0.3 is 10.2 Å². The number of aromatic nitrogens is 2. The van der Waals surface area contributed by atoms with Crippen LogP contribution in [0.4, 0.5) is 24.8 Å². The standard InChI is InChI=1S/C20H17F3N4O/c1-27(13-14-5-3-2-4-6-14)18-12-11-17(25-26-18)24-19(28)15-7-9-16(10-8-15)20(21,22)23/h2-12H,13H2,1H3,(H,24,25,28). The zero-order chi connectivity index (χ0) is 20.1. The van der Waals surface area contributed by atoms with Crippen LogP contribution < -0.4 is 10.2 Å². The van der Waals surface area contributed by atoms with Crippen LogP contribution in [0.15, 0.2) is 66.7 Å². The Balaban J connectivity index is 1.63. The first-order valence-corrected chi connectivity index (χ1v) is 8.40. The highest BCUT2D eigenvalue weighted by molar-refractivity contribution is 6.03. The van der Waals surface area contributed by atoms with Crippen molar-refractivity contribution in [1.29, 1.82) is 0 Å². The van der Waals surface area contributed by atoms with Crippen molar-refractivity contribution < 1.29 is 18.0 Å². The monoisotopic (exact) mass is 386 g/mol. The Morgan fingerprint density at radius 2 is 1.64 bits per heavy atom. The minimum Gasteiger partial charge on any atom is -0.354 e. The van der Waals surface area contributed by atoms with Crippen molar-refractivity contribution >= 4 is 17.5 Å². The second-order valence-corrected chi connectivity index (χ2v) is 6.15. The lowest BCUT2D eigenvalue weighted by Crippen LogP contribution is -2.19. The zero-order valence-corrected chi connectivity index (χ0v) is 14.9. The lowest BCUT2D eigenvalue weighted by atomic mass is 10.1. The highest BCUT2D eigenvalue weighted by atomic mass is 19.4. The summed E-state index contributed by atoms with van der Waals surface area (Å²) in [5.74, 6) is 0.270. The highest BCUT2D eigenvalue weighted by Gasteiger charge is 2.30. The largest absolute Gasteiger partial charge is 0.416 e. The molecular formula is C20H17F3N4O. The molecule has 0 bridgehead atoms. The van der Waals surface area contributed by atoms with Gasteiger partial charge in [0, 0.05) is 19.2 Å². The summed E-state index contributed by atoms with van der Waals surface area (Å²) >= 11 is 0. The lowest BCUT2D eigenvalue weighted by molar-refractivity contribution is -0.137. The predicted molar refractivity (Wildman–Crippen MR) is 100.0 cm³/mol. The molecule has 0 fully saturated rings. The Morgan fingerprint density at radius 1 is 0.964 bits per heavy atom. The minimum absolute atomic E-state index is 0.0973. The lowest BCUT2D eigenvalue weighted by Gasteiger charge is -2.17. The molecule has 1 aromatic heterocycles. The number of alkyl halides is 3. The molecule has 0 radical (unpaired) electrons. The first-order chi connectivity index (χ1) is 13.3. The molecule has 3 aromatic rings. The first-order valence-electron chi connectivity index (χ1n) is 8.40. The summed E-state index contributed by atoms with van der Waals surface area (Å²) in [6.45, 7) is 0.646. The van der Waals surface area contributed by atoms with Crippen molar-refractivity contribution in [1.82, 2.24) is 10.2 Å². The molecule has 0 saturated heterocycles. The van der Waals surface area contributed by atoms with E-state index in [-0.39, 0.29) is 11.4 Å². The smallest absolute Gasteiger partial charge is 0.354 e. The number of hydrogen-bond donors (Lipinski definition) is 1. The van der Waals surface area contributed by atoms with Gasteiger partial charge in [-0.3, -0.25) is 4.79 Å². The molecule has 0 saturated carbocycles. The van der Waals surface area contributed by atoms with Crippen LogP contribution >= 0.6 is 0 Å². The fraction of sp³-hybridized carbons (Fsp3) is 0.150. The molecule has 8 heteroatoms. The third kappa shape index (κ3) is 4.85. The average molecular weight is 386 g/mol. The van der Waals surface area contributed by atoms with Gasteiger partial charge in [-0.05, 0) is 42.0 Å². The predicted octanol–water partition coefficient (Wildman–Crippen LogP) is 4.38. The van der Waals surface area contributed by atoms with Gasteiger partial charge in [0.2, 0.25) is 0 Å². The average Bonchev–Trinajstić information content (AvgIpc) is 2.68. The third-order valence-corrected chi connectivity index (χ3v) is 4.02. The Morgan fingerprint density at radius 3 is 2.21 bits per heavy atom. The molecule has 28 heavy (non-hydrogen) atoms. The van der Waals surface area contributed by atoms with Crippen molar-refractivity contribution in [2.24, 2.45) is 0 Å². The second kappa shape index (κ2) is 8.08. The van der Waals surface area contributed by atoms with Gasteiger partial charge in [0.25, 0.3) is 5.91 Å². The van der Waals surface area contributed by atoms with Gasteiger partial charge in [-0.25, -0.2) is 0 Å². The Hall–Kier alpha value is -3.42. The van der Waals surface area contributed by atoms with Crippen molar-refractivity contribution in [3.8, 4) is 0 Å². The number of carbonyl (C=O) groups is 1. The number of nitrogens with one attached hydrogen (secondary N) is 1. The number of rotatable bonds is 5. The van der Waals surface area contributed by atoms with Gasteiger partial charge >= 0.3 is 6.18 Å². The second-order valence-electron chi connectivity index (χ2n) is 6.15. The summed E-state index contributed by atoms with van der Waals surface area (Å²) in [5.41, 5.74) is 0.404. The van der Waals surface area contributed by atoms with Crippen molar-refractivity contribution in [3.05, 3.63) is 83.4 Å². The molecule has 0 atom stereocenters. The number of benzene rings is 2. The molecule has 144 valence electrons. The van der Waals surface area contributed by atoms with Crippen LogP contribution in [0.25, 0.3) is 0 Å². The number of halogens is 3. The Bertz CT molecular complexity index is 926. The maximum Gasteiger partial charge on any atom is 0.416 e. The minimum atomic E-state index is -4.44. The van der Waals surface area contributed by atoms with E-state index >= 15 is 0 Å². The van der Waals surface area contributed by atoms with Gasteiger partial charge in [-0.15, -0.1) is 10.2 Å². The number of amides is 1. The van der Waals surface area contributed by atoms with Crippen LogP contribution in [0.1, 0.15) is 21.5 Å². The molecule has 2 aromatic carbocycles. The van der Waals surface area contributed by atoms with E-state index in [1.54, 1.807) is 12.1 Å². The van der Waals surface area contributed by atoms with Crippen LogP contribution in [0.3, 0.4) is 0 Å². The van der Waals surface area contributed by atoms with E-state index in [0.717, 1.165) is 29.8 Å². The van der Waals surface area contributed by atoms with E-state index in [1.807, 2.05) is 42.3 Å². The topological polar surface area (TPSA) is 58.1 Å². The zero-order valence-electron chi connectivity index (χ0n) is 14.9. The summed E-state index contributed by atoms with van der Waals surface area (Å²) in [6, 6.07) is 17.1. The van der Waals surface area contributed by atoms with Gasteiger partial charge in [0.1, 0.15) is 0 Å². The van der Waals surface area contributed by atoms with Gasteiger partial charge in [-0.1, -0.05) is 30.3 Å². The highest BCUT2D eigenvalue weighted by Crippen LogP contribution is 2.29. The third-order valence-electron chi connectivity index (χ3n) is 4.02. The van der Waals surface area contributed by atoms with E-state index in [1.165, 1.54) is 0 Å². The molecule has 0 unspecified atom stereocenters. The molecule has 0 aliphatic heterocycles. The molecule has 1 heterocycles. The van der Waals surface area contributed by atoms with E-state index in [4.69, 9.17) is 0 Å². The molecule has 5 nitrogen and oxygen atoms in total. The number of nitrogens with zero attached hydrogens (tertiary/aromatic N) is 3. The number of carbonyl (C=O) groups excluding carboxylic acids is 1. The summed E-state index contributed by atoms with van der Waals surface area (Å²) in [4.78, 5) is 14.1. The number of anilines is 2. The molecule has 0 spiro atoms. The first kappa shape index (κ1) is 19.3. The Kier molecular flexibility index (Phi) is 5.58.